The molecule has 1 aliphatic rings. The van der Waals surface area contributed by atoms with Gasteiger partial charge in [0.15, 0.2) is 5.78 Å². The van der Waals surface area contributed by atoms with Crippen molar-refractivity contribution in [3.8, 4) is 0 Å². The average molecular weight is 312 g/mol. The van der Waals surface area contributed by atoms with Crippen LogP contribution in [0, 0.1) is 16.7 Å². The monoisotopic (exact) mass is 312 g/mol. The lowest BCUT2D eigenvalue weighted by atomic mass is 9.67. The maximum Gasteiger partial charge on any atom is 0.319 e. The molecular weight excluding hydrogens is 280 g/mol. The third-order valence-corrected chi connectivity index (χ3v) is 5.77. The summed E-state index contributed by atoms with van der Waals surface area (Å²) in [6, 6.07) is 0. The fourth-order valence-corrected chi connectivity index (χ4v) is 3.16. The highest BCUT2D eigenvalue weighted by molar-refractivity contribution is 6.03. The van der Waals surface area contributed by atoms with Gasteiger partial charge in [-0.05, 0) is 43.9 Å². The Balaban J connectivity index is 2.62. The van der Waals surface area contributed by atoms with Crippen molar-refractivity contribution in [2.75, 3.05) is 13.7 Å². The molecule has 1 saturated carbocycles. The molecular formula is C18H32O4. The molecule has 0 aromatic heterocycles. The van der Waals surface area contributed by atoms with Crippen LogP contribution in [0.1, 0.15) is 66.7 Å². The summed E-state index contributed by atoms with van der Waals surface area (Å²) < 4.78 is 10.6. The van der Waals surface area contributed by atoms with Crippen LogP contribution in [0.25, 0.3) is 0 Å². The third kappa shape index (κ3) is 4.09. The molecule has 1 rings (SSSR count). The van der Waals surface area contributed by atoms with E-state index in [1.54, 1.807) is 6.92 Å². The number of carbonyl (C=O) groups excluding carboxylic acids is 2. The summed E-state index contributed by atoms with van der Waals surface area (Å²) in [7, 11) is 1.32. The smallest absolute Gasteiger partial charge is 0.319 e. The van der Waals surface area contributed by atoms with Crippen molar-refractivity contribution in [1.29, 1.82) is 0 Å². The molecule has 0 spiro atoms. The molecule has 0 aromatic carbocycles. The largest absolute Gasteiger partial charge is 0.468 e. The lowest BCUT2D eigenvalue weighted by Crippen LogP contribution is -2.41. The van der Waals surface area contributed by atoms with Crippen LogP contribution in [0.4, 0.5) is 0 Å². The highest BCUT2D eigenvalue weighted by Crippen LogP contribution is 2.43. The summed E-state index contributed by atoms with van der Waals surface area (Å²) in [5.41, 5.74) is -0.812. The summed E-state index contributed by atoms with van der Waals surface area (Å²) >= 11 is 0. The predicted molar refractivity (Wildman–Crippen MR) is 86.6 cm³/mol. The van der Waals surface area contributed by atoms with Crippen molar-refractivity contribution in [3.63, 3.8) is 0 Å². The molecule has 0 aliphatic heterocycles. The fourth-order valence-electron chi connectivity index (χ4n) is 3.16. The van der Waals surface area contributed by atoms with E-state index in [0.29, 0.717) is 12.3 Å². The minimum Gasteiger partial charge on any atom is -0.468 e. The Morgan fingerprint density at radius 2 is 2.00 bits per heavy atom. The van der Waals surface area contributed by atoms with Crippen molar-refractivity contribution in [2.24, 2.45) is 16.7 Å². The minimum absolute atomic E-state index is 0.00170. The third-order valence-electron chi connectivity index (χ3n) is 5.77. The normalized spacial score (nSPS) is 28.2. The summed E-state index contributed by atoms with van der Waals surface area (Å²) in [5.74, 6) is -0.0523. The topological polar surface area (TPSA) is 52.6 Å². The van der Waals surface area contributed by atoms with Gasteiger partial charge in [0.25, 0.3) is 0 Å². The predicted octanol–water partition coefficient (Wildman–Crippen LogP) is 3.77. The van der Waals surface area contributed by atoms with Crippen molar-refractivity contribution in [1.82, 2.24) is 0 Å². The van der Waals surface area contributed by atoms with Crippen molar-refractivity contribution in [3.05, 3.63) is 0 Å². The number of methoxy groups -OCH3 is 1. The molecule has 0 N–H and O–H groups in total. The van der Waals surface area contributed by atoms with Gasteiger partial charge < -0.3 is 9.47 Å². The first-order valence-electron chi connectivity index (χ1n) is 8.43. The highest BCUT2D eigenvalue weighted by Gasteiger charge is 2.41. The lowest BCUT2D eigenvalue weighted by molar-refractivity contribution is -0.160. The van der Waals surface area contributed by atoms with E-state index in [9.17, 15) is 9.59 Å². The number of rotatable bonds is 7. The van der Waals surface area contributed by atoms with Gasteiger partial charge in [0.2, 0.25) is 0 Å². The summed E-state index contributed by atoms with van der Waals surface area (Å²) in [6.45, 7) is 10.3. The van der Waals surface area contributed by atoms with Gasteiger partial charge in [0, 0.05) is 0 Å². The molecule has 0 heterocycles. The van der Waals surface area contributed by atoms with Crippen LogP contribution in [0.5, 0.6) is 0 Å². The van der Waals surface area contributed by atoms with Crippen LogP contribution in [0.2, 0.25) is 0 Å². The van der Waals surface area contributed by atoms with Crippen LogP contribution >= 0.6 is 0 Å². The number of hydrogen-bond donors (Lipinski definition) is 0. The van der Waals surface area contributed by atoms with Crippen LogP contribution in [-0.4, -0.2) is 31.6 Å². The number of ketones is 1. The van der Waals surface area contributed by atoms with E-state index in [2.05, 4.69) is 20.8 Å². The number of esters is 1. The number of hydrogen-bond acceptors (Lipinski definition) is 4. The van der Waals surface area contributed by atoms with Gasteiger partial charge in [-0.15, -0.1) is 0 Å². The molecule has 1 fully saturated rings. The van der Waals surface area contributed by atoms with E-state index >= 15 is 0 Å². The summed E-state index contributed by atoms with van der Waals surface area (Å²) in [4.78, 5) is 24.3. The second-order valence-corrected chi connectivity index (χ2v) is 7.44. The molecule has 4 nitrogen and oxygen atoms in total. The van der Waals surface area contributed by atoms with Gasteiger partial charge in [0.1, 0.15) is 12.0 Å². The van der Waals surface area contributed by atoms with Crippen LogP contribution in [-0.2, 0) is 19.1 Å². The number of ether oxygens (including phenoxy) is 2. The SMILES string of the molecule is CCC(C)(C(=O)COC1CCCC(C)(C(C)C)C1)C(=O)OC. The Morgan fingerprint density at radius 1 is 1.36 bits per heavy atom. The van der Waals surface area contributed by atoms with Crippen LogP contribution in [0.15, 0.2) is 0 Å². The van der Waals surface area contributed by atoms with E-state index in [0.717, 1.165) is 19.3 Å². The van der Waals surface area contributed by atoms with E-state index in [-0.39, 0.29) is 23.9 Å². The Hall–Kier alpha value is -0.900. The second kappa shape index (κ2) is 7.58. The van der Waals surface area contributed by atoms with Gasteiger partial charge in [-0.3, -0.25) is 9.59 Å². The van der Waals surface area contributed by atoms with Crippen molar-refractivity contribution >= 4 is 11.8 Å². The fraction of sp³-hybridized carbons (Fsp3) is 0.889. The molecule has 0 amide bonds. The standard InChI is InChI=1S/C18H32O4/c1-7-18(5,16(20)21-6)15(19)12-22-14-9-8-10-17(4,11-14)13(2)3/h13-14H,7-12H2,1-6H3. The Kier molecular flexibility index (Phi) is 6.60. The quantitative estimate of drug-likeness (QED) is 0.530. The van der Waals surface area contributed by atoms with Gasteiger partial charge in [-0.25, -0.2) is 0 Å². The molecule has 0 radical (unpaired) electrons. The van der Waals surface area contributed by atoms with E-state index in [1.165, 1.54) is 13.5 Å². The van der Waals surface area contributed by atoms with Gasteiger partial charge in [-0.2, -0.15) is 0 Å². The second-order valence-electron chi connectivity index (χ2n) is 7.44. The first-order chi connectivity index (χ1) is 10.2. The molecule has 1 aliphatic carbocycles. The molecule has 4 heteroatoms. The molecule has 3 unspecified atom stereocenters. The zero-order valence-corrected chi connectivity index (χ0v) is 15.0. The maximum absolute atomic E-state index is 12.4. The zero-order chi connectivity index (χ0) is 17.0. The van der Waals surface area contributed by atoms with Gasteiger partial charge in [-0.1, -0.05) is 34.1 Å². The summed E-state index contributed by atoms with van der Waals surface area (Å²) in [5, 5.41) is 0. The summed E-state index contributed by atoms with van der Waals surface area (Å²) in [6.07, 6.45) is 4.87. The lowest BCUT2D eigenvalue weighted by Gasteiger charge is -2.41. The first-order valence-corrected chi connectivity index (χ1v) is 8.43. The molecule has 0 bridgehead atoms. The van der Waals surface area contributed by atoms with E-state index in [4.69, 9.17) is 9.47 Å². The number of carbonyl (C=O) groups is 2. The van der Waals surface area contributed by atoms with E-state index < -0.39 is 11.4 Å². The average Bonchev–Trinajstić information content (AvgIpc) is 2.50. The molecule has 3 atom stereocenters. The minimum atomic E-state index is -1.09. The Bertz CT molecular complexity index is 404. The molecule has 22 heavy (non-hydrogen) atoms. The Labute approximate surface area is 134 Å². The van der Waals surface area contributed by atoms with Crippen LogP contribution < -0.4 is 0 Å². The van der Waals surface area contributed by atoms with E-state index in [1.807, 2.05) is 6.92 Å². The first kappa shape index (κ1) is 19.1. The van der Waals surface area contributed by atoms with Crippen molar-refractivity contribution in [2.45, 2.75) is 72.8 Å². The zero-order valence-electron chi connectivity index (χ0n) is 15.0. The molecule has 0 saturated heterocycles. The van der Waals surface area contributed by atoms with Gasteiger partial charge in [0.05, 0.1) is 13.2 Å². The molecule has 0 aromatic rings. The number of Topliss-reactive ketones (excluding diaryl/α,β-unsaturated/α-hetero) is 1. The van der Waals surface area contributed by atoms with Crippen molar-refractivity contribution < 1.29 is 19.1 Å². The molecule has 128 valence electrons. The van der Waals surface area contributed by atoms with Crippen LogP contribution in [0.3, 0.4) is 0 Å². The Morgan fingerprint density at radius 3 is 2.50 bits per heavy atom. The van der Waals surface area contributed by atoms with Gasteiger partial charge >= 0.3 is 5.97 Å². The maximum atomic E-state index is 12.4. The highest BCUT2D eigenvalue weighted by atomic mass is 16.5.